The van der Waals surface area contributed by atoms with E-state index in [0.717, 1.165) is 19.3 Å². The highest BCUT2D eigenvalue weighted by molar-refractivity contribution is 6.42. The Kier molecular flexibility index (Phi) is 3.03. The van der Waals surface area contributed by atoms with Gasteiger partial charge in [-0.05, 0) is 42.5 Å². The van der Waals surface area contributed by atoms with Gasteiger partial charge in [-0.25, -0.2) is 0 Å². The molecule has 0 bridgehead atoms. The van der Waals surface area contributed by atoms with Crippen molar-refractivity contribution in [2.24, 2.45) is 0 Å². The van der Waals surface area contributed by atoms with Gasteiger partial charge in [-0.3, -0.25) is 4.79 Å². The van der Waals surface area contributed by atoms with E-state index in [1.165, 1.54) is 11.1 Å². The molecule has 2 aliphatic rings. The summed E-state index contributed by atoms with van der Waals surface area (Å²) in [5.41, 5.74) is 2.59. The number of aryl methyl sites for hydroxylation is 1. The van der Waals surface area contributed by atoms with Gasteiger partial charge in [0.1, 0.15) is 0 Å². The van der Waals surface area contributed by atoms with Crippen molar-refractivity contribution in [3.05, 3.63) is 33.3 Å². The molecule has 1 aliphatic carbocycles. The number of fused-ring (bicyclic) bond motifs is 3. The normalized spacial score (nSPS) is 26.8. The van der Waals surface area contributed by atoms with Crippen molar-refractivity contribution in [1.82, 2.24) is 4.90 Å². The lowest BCUT2D eigenvalue weighted by Crippen LogP contribution is -2.47. The van der Waals surface area contributed by atoms with Gasteiger partial charge in [0, 0.05) is 25.4 Å². The number of hydrogen-bond acceptors (Lipinski definition) is 1. The van der Waals surface area contributed by atoms with E-state index in [2.05, 4.69) is 0 Å². The van der Waals surface area contributed by atoms with E-state index in [9.17, 15) is 4.79 Å². The molecule has 1 saturated heterocycles. The first kappa shape index (κ1) is 12.3. The molecule has 0 saturated carbocycles. The summed E-state index contributed by atoms with van der Waals surface area (Å²) in [4.78, 5) is 13.7. The van der Waals surface area contributed by atoms with Crippen LogP contribution in [0.25, 0.3) is 0 Å². The molecule has 0 unspecified atom stereocenters. The Hall–Kier alpha value is -0.730. The molecule has 1 heterocycles. The number of carbonyl (C=O) groups excluding carboxylic acids is 1. The fourth-order valence-electron chi connectivity index (χ4n) is 3.33. The second-order valence-electron chi connectivity index (χ2n) is 5.22. The molecule has 1 aromatic rings. The van der Waals surface area contributed by atoms with Crippen LogP contribution >= 0.6 is 23.2 Å². The summed E-state index contributed by atoms with van der Waals surface area (Å²) in [5, 5.41) is 1.25. The third-order valence-corrected chi connectivity index (χ3v) is 5.04. The fourth-order valence-corrected chi connectivity index (χ4v) is 3.69. The standard InChI is InChI=1S/C14H15Cl2NO/c1-17-13-4-2-8-6-11(15)12(16)7-10(8)9(13)3-5-14(17)18/h6-7,9,13H,2-5H2,1H3/t9-,13-/m0/s1. The summed E-state index contributed by atoms with van der Waals surface area (Å²) < 4.78 is 0. The van der Waals surface area contributed by atoms with E-state index in [1.807, 2.05) is 24.1 Å². The summed E-state index contributed by atoms with van der Waals surface area (Å²) >= 11 is 12.2. The van der Waals surface area contributed by atoms with Crippen LogP contribution in [0.3, 0.4) is 0 Å². The molecular formula is C14H15Cl2NO. The van der Waals surface area contributed by atoms with Gasteiger partial charge in [-0.2, -0.15) is 0 Å². The number of rotatable bonds is 0. The highest BCUT2D eigenvalue weighted by Gasteiger charge is 2.38. The molecule has 2 nitrogen and oxygen atoms in total. The second-order valence-corrected chi connectivity index (χ2v) is 6.04. The Morgan fingerprint density at radius 2 is 1.89 bits per heavy atom. The average Bonchev–Trinajstić information content (AvgIpc) is 2.35. The summed E-state index contributed by atoms with van der Waals surface area (Å²) in [6, 6.07) is 4.32. The van der Waals surface area contributed by atoms with Gasteiger partial charge in [-0.1, -0.05) is 23.2 Å². The number of carbonyl (C=O) groups is 1. The van der Waals surface area contributed by atoms with Gasteiger partial charge in [0.25, 0.3) is 0 Å². The van der Waals surface area contributed by atoms with Crippen LogP contribution in [0.4, 0.5) is 0 Å². The predicted octanol–water partition coefficient (Wildman–Crippen LogP) is 3.64. The Morgan fingerprint density at radius 3 is 2.67 bits per heavy atom. The molecular weight excluding hydrogens is 269 g/mol. The monoisotopic (exact) mass is 283 g/mol. The fraction of sp³-hybridized carbons (Fsp3) is 0.500. The molecule has 2 atom stereocenters. The number of amides is 1. The van der Waals surface area contributed by atoms with Gasteiger partial charge >= 0.3 is 0 Å². The summed E-state index contributed by atoms with van der Waals surface area (Å²) in [5.74, 6) is 0.686. The molecule has 0 radical (unpaired) electrons. The maximum absolute atomic E-state index is 11.8. The lowest BCUT2D eigenvalue weighted by molar-refractivity contribution is -0.135. The molecule has 1 amide bonds. The van der Waals surface area contributed by atoms with Crippen molar-refractivity contribution in [3.8, 4) is 0 Å². The van der Waals surface area contributed by atoms with Gasteiger partial charge in [0.2, 0.25) is 5.91 Å². The number of piperidine rings is 1. The Balaban J connectivity index is 2.03. The van der Waals surface area contributed by atoms with Gasteiger partial charge in [0.05, 0.1) is 10.0 Å². The first-order chi connectivity index (χ1) is 8.58. The van der Waals surface area contributed by atoms with E-state index < -0.39 is 0 Å². The smallest absolute Gasteiger partial charge is 0.222 e. The van der Waals surface area contributed by atoms with Gasteiger partial charge < -0.3 is 4.90 Å². The third-order valence-electron chi connectivity index (χ3n) is 4.32. The maximum Gasteiger partial charge on any atom is 0.222 e. The molecule has 1 fully saturated rings. The van der Waals surface area contributed by atoms with E-state index in [-0.39, 0.29) is 5.91 Å². The quantitative estimate of drug-likeness (QED) is 0.712. The van der Waals surface area contributed by atoms with Crippen molar-refractivity contribution in [3.63, 3.8) is 0 Å². The highest BCUT2D eigenvalue weighted by Crippen LogP contribution is 2.42. The maximum atomic E-state index is 11.8. The number of benzene rings is 1. The highest BCUT2D eigenvalue weighted by atomic mass is 35.5. The minimum absolute atomic E-state index is 0.264. The third kappa shape index (κ3) is 1.83. The SMILES string of the molecule is CN1C(=O)CC[C@H]2c3cc(Cl)c(Cl)cc3CC[C@@H]21. The van der Waals surface area contributed by atoms with Crippen molar-refractivity contribution < 1.29 is 4.79 Å². The zero-order chi connectivity index (χ0) is 12.9. The number of likely N-dealkylation sites (N-methyl/N-ethyl adjacent to an activating group) is 1. The second kappa shape index (κ2) is 4.43. The topological polar surface area (TPSA) is 20.3 Å². The van der Waals surface area contributed by atoms with Crippen molar-refractivity contribution >= 4 is 29.1 Å². The van der Waals surface area contributed by atoms with Crippen LogP contribution < -0.4 is 0 Å². The number of halogens is 2. The van der Waals surface area contributed by atoms with E-state index >= 15 is 0 Å². The van der Waals surface area contributed by atoms with Gasteiger partial charge in [0.15, 0.2) is 0 Å². The molecule has 0 spiro atoms. The van der Waals surface area contributed by atoms with Crippen LogP contribution in [0.2, 0.25) is 10.0 Å². The van der Waals surface area contributed by atoms with Crippen LogP contribution in [0, 0.1) is 0 Å². The summed E-state index contributed by atoms with van der Waals surface area (Å²) in [7, 11) is 1.92. The largest absolute Gasteiger partial charge is 0.342 e. The van der Waals surface area contributed by atoms with E-state index in [4.69, 9.17) is 23.2 Å². The first-order valence-electron chi connectivity index (χ1n) is 6.31. The van der Waals surface area contributed by atoms with E-state index in [1.54, 1.807) is 0 Å². The molecule has 4 heteroatoms. The van der Waals surface area contributed by atoms with Crippen LogP contribution in [-0.4, -0.2) is 23.9 Å². The van der Waals surface area contributed by atoms with Gasteiger partial charge in [-0.15, -0.1) is 0 Å². The minimum atomic E-state index is 0.264. The Labute approximate surface area is 117 Å². The Bertz CT molecular complexity index is 515. The predicted molar refractivity (Wildman–Crippen MR) is 73.3 cm³/mol. The molecule has 1 aliphatic heterocycles. The average molecular weight is 284 g/mol. The van der Waals surface area contributed by atoms with Crippen LogP contribution in [-0.2, 0) is 11.2 Å². The van der Waals surface area contributed by atoms with Crippen LogP contribution in [0.5, 0.6) is 0 Å². The molecule has 0 N–H and O–H groups in total. The zero-order valence-electron chi connectivity index (χ0n) is 10.2. The number of nitrogens with zero attached hydrogens (tertiary/aromatic N) is 1. The lowest BCUT2D eigenvalue weighted by atomic mass is 9.74. The number of likely N-dealkylation sites (tertiary alicyclic amines) is 1. The molecule has 96 valence electrons. The summed E-state index contributed by atoms with van der Waals surface area (Å²) in [6.07, 6.45) is 3.57. The first-order valence-corrected chi connectivity index (χ1v) is 7.07. The molecule has 1 aromatic carbocycles. The molecule has 18 heavy (non-hydrogen) atoms. The van der Waals surface area contributed by atoms with Crippen LogP contribution in [0.15, 0.2) is 12.1 Å². The Morgan fingerprint density at radius 1 is 1.17 bits per heavy atom. The van der Waals surface area contributed by atoms with Crippen LogP contribution in [0.1, 0.15) is 36.3 Å². The minimum Gasteiger partial charge on any atom is -0.342 e. The lowest BCUT2D eigenvalue weighted by Gasteiger charge is -2.43. The van der Waals surface area contributed by atoms with Crippen molar-refractivity contribution in [2.75, 3.05) is 7.05 Å². The van der Waals surface area contributed by atoms with E-state index in [0.29, 0.717) is 28.4 Å². The molecule has 3 rings (SSSR count). The summed E-state index contributed by atoms with van der Waals surface area (Å²) in [6.45, 7) is 0. The van der Waals surface area contributed by atoms with Crippen molar-refractivity contribution in [1.29, 1.82) is 0 Å². The zero-order valence-corrected chi connectivity index (χ0v) is 11.8. The van der Waals surface area contributed by atoms with Crippen molar-refractivity contribution in [2.45, 2.75) is 37.6 Å². The molecule has 0 aromatic heterocycles. The number of hydrogen-bond donors (Lipinski definition) is 0.